The van der Waals surface area contributed by atoms with Gasteiger partial charge in [-0.15, -0.1) is 0 Å². The van der Waals surface area contributed by atoms with Crippen molar-refractivity contribution >= 4 is 5.82 Å². The van der Waals surface area contributed by atoms with Crippen molar-refractivity contribution in [3.8, 4) is 0 Å². The predicted octanol–water partition coefficient (Wildman–Crippen LogP) is 2.36. The van der Waals surface area contributed by atoms with Crippen molar-refractivity contribution in [3.63, 3.8) is 0 Å². The molecule has 0 bridgehead atoms. The molecule has 1 aromatic heterocycles. The van der Waals surface area contributed by atoms with Gasteiger partial charge in [0.05, 0.1) is 6.61 Å². The Morgan fingerprint density at radius 1 is 1.18 bits per heavy atom. The van der Waals surface area contributed by atoms with Crippen molar-refractivity contribution in [3.05, 3.63) is 17.1 Å². The molecule has 0 unspecified atom stereocenters. The highest BCUT2D eigenvalue weighted by Gasteiger charge is 2.09. The molecule has 1 rings (SSSR count). The highest BCUT2D eigenvalue weighted by molar-refractivity contribution is 5.46. The molecule has 4 heteroatoms. The Hall–Kier alpha value is -1.16. The summed E-state index contributed by atoms with van der Waals surface area (Å²) >= 11 is 0. The quantitative estimate of drug-likeness (QED) is 0.740. The Labute approximate surface area is 104 Å². The third kappa shape index (κ3) is 3.97. The normalized spacial score (nSPS) is 10.6. The molecule has 0 radical (unpaired) electrons. The van der Waals surface area contributed by atoms with E-state index in [9.17, 15) is 0 Å². The van der Waals surface area contributed by atoms with Gasteiger partial charge >= 0.3 is 0 Å². The summed E-state index contributed by atoms with van der Waals surface area (Å²) in [5.74, 6) is 1.85. The van der Waals surface area contributed by atoms with Crippen LogP contribution in [-0.2, 0) is 17.6 Å². The van der Waals surface area contributed by atoms with E-state index < -0.39 is 0 Å². The van der Waals surface area contributed by atoms with Crippen LogP contribution in [0.5, 0.6) is 0 Å². The number of aryl methyl sites for hydroxylation is 1. The van der Waals surface area contributed by atoms with Gasteiger partial charge in [0.2, 0.25) is 0 Å². The Balaban J connectivity index is 2.85. The van der Waals surface area contributed by atoms with Crippen molar-refractivity contribution in [2.45, 2.75) is 40.5 Å². The number of rotatable bonds is 7. The molecule has 96 valence electrons. The summed E-state index contributed by atoms with van der Waals surface area (Å²) in [4.78, 5) is 9.09. The number of anilines is 1. The molecule has 0 aliphatic heterocycles. The van der Waals surface area contributed by atoms with Crippen molar-refractivity contribution < 1.29 is 4.74 Å². The van der Waals surface area contributed by atoms with Crippen molar-refractivity contribution in [2.24, 2.45) is 0 Å². The summed E-state index contributed by atoms with van der Waals surface area (Å²) in [6.07, 6.45) is 1.73. The summed E-state index contributed by atoms with van der Waals surface area (Å²) < 4.78 is 5.33. The molecule has 17 heavy (non-hydrogen) atoms. The Kier molecular flexibility index (Phi) is 5.91. The Morgan fingerprint density at radius 2 is 1.94 bits per heavy atom. The molecule has 0 fully saturated rings. The molecule has 0 aromatic carbocycles. The van der Waals surface area contributed by atoms with E-state index in [1.807, 2.05) is 13.8 Å². The van der Waals surface area contributed by atoms with Crippen molar-refractivity contribution in [1.82, 2.24) is 9.97 Å². The maximum atomic E-state index is 5.33. The first kappa shape index (κ1) is 13.9. The lowest BCUT2D eigenvalue weighted by molar-refractivity contribution is 0.149. The smallest absolute Gasteiger partial charge is 0.133 e. The average molecular weight is 237 g/mol. The first-order chi connectivity index (χ1) is 8.22. The number of nitrogens with zero attached hydrogens (tertiary/aromatic N) is 2. The van der Waals surface area contributed by atoms with Crippen LogP contribution in [0.25, 0.3) is 0 Å². The second-order valence-corrected chi connectivity index (χ2v) is 3.88. The van der Waals surface area contributed by atoms with E-state index in [-0.39, 0.29) is 0 Å². The van der Waals surface area contributed by atoms with Crippen LogP contribution >= 0.6 is 0 Å². The summed E-state index contributed by atoms with van der Waals surface area (Å²) in [6.45, 7) is 10.6. The third-order valence-electron chi connectivity index (χ3n) is 2.63. The van der Waals surface area contributed by atoms with E-state index in [0.29, 0.717) is 6.61 Å². The first-order valence-corrected chi connectivity index (χ1v) is 6.40. The fourth-order valence-electron chi connectivity index (χ4n) is 1.81. The van der Waals surface area contributed by atoms with Crippen LogP contribution in [0.3, 0.4) is 0 Å². The fraction of sp³-hybridized carbons (Fsp3) is 0.692. The first-order valence-electron chi connectivity index (χ1n) is 6.40. The van der Waals surface area contributed by atoms with Gasteiger partial charge in [-0.05, 0) is 27.2 Å². The van der Waals surface area contributed by atoms with Crippen LogP contribution in [0, 0.1) is 6.92 Å². The van der Waals surface area contributed by atoms with Gasteiger partial charge in [0.25, 0.3) is 0 Å². The van der Waals surface area contributed by atoms with Gasteiger partial charge in [0, 0.05) is 30.8 Å². The highest BCUT2D eigenvalue weighted by Crippen LogP contribution is 2.17. The standard InChI is InChI=1S/C13H23N3O/c1-5-11-10(4)15-12(8-9-17-7-3)16-13(11)14-6-2/h5-9H2,1-4H3,(H,14,15,16). The van der Waals surface area contributed by atoms with Gasteiger partial charge in [-0.2, -0.15) is 0 Å². The van der Waals surface area contributed by atoms with Gasteiger partial charge in [-0.1, -0.05) is 6.92 Å². The highest BCUT2D eigenvalue weighted by atomic mass is 16.5. The fourth-order valence-corrected chi connectivity index (χ4v) is 1.81. The largest absolute Gasteiger partial charge is 0.381 e. The monoisotopic (exact) mass is 237 g/mol. The van der Waals surface area contributed by atoms with E-state index in [1.165, 1.54) is 5.56 Å². The molecule has 1 aromatic rings. The molecule has 0 aliphatic rings. The number of aromatic nitrogens is 2. The van der Waals surface area contributed by atoms with E-state index in [4.69, 9.17) is 4.74 Å². The van der Waals surface area contributed by atoms with Crippen molar-refractivity contribution in [2.75, 3.05) is 25.1 Å². The molecule has 0 atom stereocenters. The molecular formula is C13H23N3O. The maximum absolute atomic E-state index is 5.33. The average Bonchev–Trinajstić information content (AvgIpc) is 2.30. The Bertz CT molecular complexity index is 353. The zero-order valence-corrected chi connectivity index (χ0v) is 11.3. The van der Waals surface area contributed by atoms with E-state index in [1.54, 1.807) is 0 Å². The molecule has 0 saturated carbocycles. The number of ether oxygens (including phenoxy) is 1. The minimum Gasteiger partial charge on any atom is -0.381 e. The molecule has 1 heterocycles. The zero-order valence-electron chi connectivity index (χ0n) is 11.3. The second-order valence-electron chi connectivity index (χ2n) is 3.88. The van der Waals surface area contributed by atoms with Gasteiger partial charge in [0.1, 0.15) is 11.6 Å². The zero-order chi connectivity index (χ0) is 12.7. The van der Waals surface area contributed by atoms with Crippen LogP contribution in [0.1, 0.15) is 37.9 Å². The summed E-state index contributed by atoms with van der Waals surface area (Å²) in [5, 5.41) is 3.31. The van der Waals surface area contributed by atoms with Crippen LogP contribution < -0.4 is 5.32 Å². The third-order valence-corrected chi connectivity index (χ3v) is 2.63. The van der Waals surface area contributed by atoms with Gasteiger partial charge < -0.3 is 10.1 Å². The molecule has 0 aliphatic carbocycles. The lowest BCUT2D eigenvalue weighted by atomic mass is 10.1. The number of hydrogen-bond acceptors (Lipinski definition) is 4. The summed E-state index contributed by atoms with van der Waals surface area (Å²) in [7, 11) is 0. The molecule has 0 amide bonds. The topological polar surface area (TPSA) is 47.0 Å². The minimum atomic E-state index is 0.687. The van der Waals surface area contributed by atoms with E-state index in [0.717, 1.165) is 43.3 Å². The Morgan fingerprint density at radius 3 is 2.53 bits per heavy atom. The molecule has 0 saturated heterocycles. The number of hydrogen-bond donors (Lipinski definition) is 1. The number of nitrogens with one attached hydrogen (secondary N) is 1. The summed E-state index contributed by atoms with van der Waals surface area (Å²) in [5.41, 5.74) is 2.29. The molecular weight excluding hydrogens is 214 g/mol. The second kappa shape index (κ2) is 7.22. The van der Waals surface area contributed by atoms with Crippen LogP contribution in [-0.4, -0.2) is 29.7 Å². The molecule has 1 N–H and O–H groups in total. The van der Waals surface area contributed by atoms with Crippen LogP contribution in [0.2, 0.25) is 0 Å². The molecule has 0 spiro atoms. The lowest BCUT2D eigenvalue weighted by Crippen LogP contribution is -2.11. The SMILES string of the molecule is CCNc1nc(CCOCC)nc(C)c1CC. The maximum Gasteiger partial charge on any atom is 0.133 e. The predicted molar refractivity (Wildman–Crippen MR) is 70.5 cm³/mol. The van der Waals surface area contributed by atoms with Gasteiger partial charge in [0.15, 0.2) is 0 Å². The molecule has 4 nitrogen and oxygen atoms in total. The summed E-state index contributed by atoms with van der Waals surface area (Å²) in [6, 6.07) is 0. The van der Waals surface area contributed by atoms with Crippen molar-refractivity contribution in [1.29, 1.82) is 0 Å². The lowest BCUT2D eigenvalue weighted by Gasteiger charge is -2.12. The van der Waals surface area contributed by atoms with Gasteiger partial charge in [-0.3, -0.25) is 0 Å². The van der Waals surface area contributed by atoms with Crippen LogP contribution in [0.4, 0.5) is 5.82 Å². The van der Waals surface area contributed by atoms with E-state index in [2.05, 4.69) is 29.1 Å². The van der Waals surface area contributed by atoms with Gasteiger partial charge in [-0.25, -0.2) is 9.97 Å². The van der Waals surface area contributed by atoms with Crippen LogP contribution in [0.15, 0.2) is 0 Å². The minimum absolute atomic E-state index is 0.687. The van der Waals surface area contributed by atoms with E-state index >= 15 is 0 Å².